The number of nitrogens with one attached hydrogen (secondary N) is 2. The highest BCUT2D eigenvalue weighted by atomic mass is 16.5. The van der Waals surface area contributed by atoms with Crippen molar-refractivity contribution in [2.24, 2.45) is 5.41 Å². The zero-order chi connectivity index (χ0) is 18.5. The molecule has 1 aromatic heterocycles. The zero-order valence-electron chi connectivity index (χ0n) is 15.6. The van der Waals surface area contributed by atoms with Gasteiger partial charge in [-0.25, -0.2) is 4.98 Å². The molecule has 25 heavy (non-hydrogen) atoms. The molecule has 0 aliphatic heterocycles. The highest BCUT2D eigenvalue weighted by molar-refractivity contribution is 5.89. The van der Waals surface area contributed by atoms with E-state index in [9.17, 15) is 9.59 Å². The zero-order valence-corrected chi connectivity index (χ0v) is 15.6. The highest BCUT2D eigenvalue weighted by Gasteiger charge is 2.43. The highest BCUT2D eigenvalue weighted by Crippen LogP contribution is 2.41. The fraction of sp³-hybridized carbons (Fsp3) is 0.632. The van der Waals surface area contributed by atoms with Crippen LogP contribution in [0.4, 0.5) is 0 Å². The molecule has 1 saturated carbocycles. The Hall–Kier alpha value is -2.11. The van der Waals surface area contributed by atoms with Gasteiger partial charge in [-0.3, -0.25) is 9.59 Å². The lowest BCUT2D eigenvalue weighted by atomic mass is 9.81. The number of amides is 2. The maximum Gasteiger partial charge on any atom is 0.227 e. The van der Waals surface area contributed by atoms with Crippen LogP contribution in [0.3, 0.4) is 0 Å². The van der Waals surface area contributed by atoms with Gasteiger partial charge in [-0.05, 0) is 45.2 Å². The Kier molecular flexibility index (Phi) is 6.03. The average molecular weight is 347 g/mol. The molecule has 0 aromatic carbocycles. The van der Waals surface area contributed by atoms with Gasteiger partial charge in [-0.1, -0.05) is 12.8 Å². The van der Waals surface area contributed by atoms with E-state index in [2.05, 4.69) is 15.6 Å². The van der Waals surface area contributed by atoms with E-state index in [4.69, 9.17) is 4.74 Å². The van der Waals surface area contributed by atoms with Crippen LogP contribution in [-0.4, -0.2) is 29.4 Å². The molecule has 6 heteroatoms. The van der Waals surface area contributed by atoms with Crippen molar-refractivity contribution in [3.05, 3.63) is 23.9 Å². The summed E-state index contributed by atoms with van der Waals surface area (Å²) in [5.41, 5.74) is 0.0421. The molecule has 6 nitrogen and oxygen atoms in total. The molecule has 2 rings (SSSR count). The van der Waals surface area contributed by atoms with E-state index in [1.807, 2.05) is 26.8 Å². The van der Waals surface area contributed by atoms with Crippen LogP contribution < -0.4 is 15.4 Å². The van der Waals surface area contributed by atoms with Crippen molar-refractivity contribution >= 4 is 11.8 Å². The van der Waals surface area contributed by atoms with E-state index in [0.717, 1.165) is 31.2 Å². The summed E-state index contributed by atoms with van der Waals surface area (Å²) in [6.07, 6.45) is 5.39. The minimum atomic E-state index is -0.591. The second-order valence-electron chi connectivity index (χ2n) is 7.85. The van der Waals surface area contributed by atoms with E-state index >= 15 is 0 Å². The largest absolute Gasteiger partial charge is 0.481 e. The van der Waals surface area contributed by atoms with E-state index in [1.54, 1.807) is 19.4 Å². The number of aromatic nitrogens is 1. The summed E-state index contributed by atoms with van der Waals surface area (Å²) in [4.78, 5) is 29.3. The predicted molar refractivity (Wildman–Crippen MR) is 96.0 cm³/mol. The molecule has 0 spiro atoms. The van der Waals surface area contributed by atoms with E-state index < -0.39 is 5.41 Å². The van der Waals surface area contributed by atoms with Crippen molar-refractivity contribution < 1.29 is 14.3 Å². The molecule has 0 atom stereocenters. The van der Waals surface area contributed by atoms with E-state index in [0.29, 0.717) is 12.4 Å². The van der Waals surface area contributed by atoms with Crippen molar-refractivity contribution in [3.8, 4) is 5.88 Å². The van der Waals surface area contributed by atoms with Gasteiger partial charge in [0, 0.05) is 30.8 Å². The van der Waals surface area contributed by atoms with Crippen LogP contribution in [0.2, 0.25) is 0 Å². The average Bonchev–Trinajstić information content (AvgIpc) is 3.00. The van der Waals surface area contributed by atoms with Crippen LogP contribution >= 0.6 is 0 Å². The lowest BCUT2D eigenvalue weighted by Gasteiger charge is -2.29. The number of carbonyl (C=O) groups excluding carboxylic acids is 2. The molecule has 138 valence electrons. The summed E-state index contributed by atoms with van der Waals surface area (Å²) >= 11 is 0. The Morgan fingerprint density at radius 3 is 2.56 bits per heavy atom. The first kappa shape index (κ1) is 19.2. The summed E-state index contributed by atoms with van der Waals surface area (Å²) in [6.45, 7) is 6.25. The number of nitrogens with zero attached hydrogens (tertiary/aromatic N) is 1. The summed E-state index contributed by atoms with van der Waals surface area (Å²) in [7, 11) is 1.56. The van der Waals surface area contributed by atoms with Crippen molar-refractivity contribution in [2.45, 2.75) is 65.0 Å². The predicted octanol–water partition coefficient (Wildman–Crippen LogP) is 2.57. The fourth-order valence-corrected chi connectivity index (χ4v) is 3.35. The van der Waals surface area contributed by atoms with Crippen LogP contribution in [0.5, 0.6) is 5.88 Å². The Morgan fingerprint density at radius 2 is 1.96 bits per heavy atom. The topological polar surface area (TPSA) is 80.3 Å². The molecule has 0 bridgehead atoms. The molecular weight excluding hydrogens is 318 g/mol. The lowest BCUT2D eigenvalue weighted by Crippen LogP contribution is -2.46. The lowest BCUT2D eigenvalue weighted by molar-refractivity contribution is -0.137. The van der Waals surface area contributed by atoms with Crippen molar-refractivity contribution in [1.82, 2.24) is 15.6 Å². The third-order valence-corrected chi connectivity index (χ3v) is 4.52. The Bertz CT molecular complexity index is 617. The van der Waals surface area contributed by atoms with Gasteiger partial charge in [0.25, 0.3) is 0 Å². The van der Waals surface area contributed by atoms with E-state index in [-0.39, 0.29) is 23.8 Å². The molecule has 0 unspecified atom stereocenters. The van der Waals surface area contributed by atoms with Crippen LogP contribution in [0.1, 0.15) is 58.4 Å². The number of ether oxygens (including phenoxy) is 1. The second kappa shape index (κ2) is 7.85. The molecule has 0 saturated heterocycles. The molecule has 1 heterocycles. The summed E-state index contributed by atoms with van der Waals surface area (Å²) in [6, 6.07) is 3.64. The van der Waals surface area contributed by atoms with Crippen molar-refractivity contribution in [1.29, 1.82) is 0 Å². The first-order valence-corrected chi connectivity index (χ1v) is 8.82. The van der Waals surface area contributed by atoms with Gasteiger partial charge in [0.1, 0.15) is 0 Å². The number of pyridine rings is 1. The maximum absolute atomic E-state index is 12.9. The second-order valence-corrected chi connectivity index (χ2v) is 7.85. The van der Waals surface area contributed by atoms with Crippen LogP contribution in [0.15, 0.2) is 18.3 Å². The summed E-state index contributed by atoms with van der Waals surface area (Å²) in [5.74, 6) is 0.423. The summed E-state index contributed by atoms with van der Waals surface area (Å²) < 4.78 is 5.10. The minimum absolute atomic E-state index is 0.0372. The molecule has 2 N–H and O–H groups in total. The van der Waals surface area contributed by atoms with Gasteiger partial charge in [-0.15, -0.1) is 0 Å². The smallest absolute Gasteiger partial charge is 0.227 e. The molecule has 1 aromatic rings. The van der Waals surface area contributed by atoms with Crippen LogP contribution in [0, 0.1) is 5.41 Å². The third-order valence-electron chi connectivity index (χ3n) is 4.52. The Balaban J connectivity index is 2.01. The monoisotopic (exact) mass is 347 g/mol. The number of hydrogen-bond acceptors (Lipinski definition) is 4. The molecule has 0 radical (unpaired) electrons. The Morgan fingerprint density at radius 1 is 1.28 bits per heavy atom. The van der Waals surface area contributed by atoms with Gasteiger partial charge < -0.3 is 15.4 Å². The van der Waals surface area contributed by atoms with Crippen LogP contribution in [-0.2, 0) is 16.1 Å². The quantitative estimate of drug-likeness (QED) is 0.829. The maximum atomic E-state index is 12.9. The number of rotatable bonds is 6. The number of methoxy groups -OCH3 is 1. The van der Waals surface area contributed by atoms with Gasteiger partial charge in [0.05, 0.1) is 12.5 Å². The molecule has 2 amide bonds. The third kappa shape index (κ3) is 5.44. The standard InChI is InChI=1S/C19H29N3O3/c1-18(2,3)22-15(23)12-19(8-5-6-9-19)17(24)21-13-14-7-10-20-16(11-14)25-4/h7,10-11H,5-6,8-9,12-13H2,1-4H3,(H,21,24)(H,22,23). The number of carbonyl (C=O) groups is 2. The van der Waals surface area contributed by atoms with Crippen molar-refractivity contribution in [3.63, 3.8) is 0 Å². The minimum Gasteiger partial charge on any atom is -0.481 e. The molecule has 1 fully saturated rings. The fourth-order valence-electron chi connectivity index (χ4n) is 3.35. The summed E-state index contributed by atoms with van der Waals surface area (Å²) in [5, 5.41) is 5.97. The molecule has 1 aliphatic carbocycles. The SMILES string of the molecule is COc1cc(CNC(=O)C2(CC(=O)NC(C)(C)C)CCCC2)ccn1. The van der Waals surface area contributed by atoms with Gasteiger partial charge >= 0.3 is 0 Å². The molecular formula is C19H29N3O3. The van der Waals surface area contributed by atoms with Crippen molar-refractivity contribution in [2.75, 3.05) is 7.11 Å². The molecule has 1 aliphatic rings. The van der Waals surface area contributed by atoms with Crippen LogP contribution in [0.25, 0.3) is 0 Å². The Labute approximate surface area is 149 Å². The first-order valence-electron chi connectivity index (χ1n) is 8.82. The normalized spacial score (nSPS) is 16.3. The first-order chi connectivity index (χ1) is 11.7. The van der Waals surface area contributed by atoms with Gasteiger partial charge in [0.2, 0.25) is 17.7 Å². The number of hydrogen-bond donors (Lipinski definition) is 2. The van der Waals surface area contributed by atoms with E-state index in [1.165, 1.54) is 0 Å². The van der Waals surface area contributed by atoms with Gasteiger partial charge in [-0.2, -0.15) is 0 Å². The van der Waals surface area contributed by atoms with Gasteiger partial charge in [0.15, 0.2) is 0 Å².